The first-order valence-corrected chi connectivity index (χ1v) is 12.0. The Morgan fingerprint density at radius 1 is 1.39 bits per heavy atom. The van der Waals surface area contributed by atoms with Crippen LogP contribution in [-0.2, 0) is 0 Å². The molecule has 0 saturated carbocycles. The molecule has 1 amide bonds. The largest absolute Gasteiger partial charge is 0.506 e. The normalized spacial score (nSPS) is 12.8. The second-order valence-electron chi connectivity index (χ2n) is 6.70. The summed E-state index contributed by atoms with van der Waals surface area (Å²) in [5.74, 6) is -0.383. The number of halogens is 4. The van der Waals surface area contributed by atoms with E-state index in [1.54, 1.807) is 45.2 Å². The first kappa shape index (κ1) is 24.0. The first-order valence-electron chi connectivity index (χ1n) is 9.28. The molecule has 0 aliphatic heterocycles. The van der Waals surface area contributed by atoms with Crippen LogP contribution in [0.25, 0.3) is 11.0 Å². The molecule has 7 nitrogen and oxygen atoms in total. The summed E-state index contributed by atoms with van der Waals surface area (Å²) in [6.07, 6.45) is 1.13. The Bertz CT molecular complexity index is 1110. The lowest BCUT2D eigenvalue weighted by Crippen LogP contribution is -2.30. The van der Waals surface area contributed by atoms with Gasteiger partial charge in [0.25, 0.3) is 5.91 Å². The van der Waals surface area contributed by atoms with E-state index >= 15 is 0 Å². The molecule has 1 heterocycles. The Labute approximate surface area is 210 Å². The number of amidine groups is 1. The molecule has 2 aromatic carbocycles. The number of carbonyl (C=O) groups excluding carboxylic acids is 1. The van der Waals surface area contributed by atoms with E-state index in [-0.39, 0.29) is 24.3 Å². The summed E-state index contributed by atoms with van der Waals surface area (Å²) in [6.45, 7) is 0.447. The molecule has 11 heteroatoms. The van der Waals surface area contributed by atoms with Crippen LogP contribution in [0, 0.1) is 13.0 Å². The number of imidazole rings is 1. The number of aromatic amines is 1. The van der Waals surface area contributed by atoms with Crippen LogP contribution in [0.3, 0.4) is 0 Å². The molecule has 0 fully saturated rings. The molecule has 0 spiro atoms. The van der Waals surface area contributed by atoms with Gasteiger partial charge >= 0.3 is 0 Å². The number of aliphatic imine (C=N–C) groups is 1. The maximum Gasteiger partial charge on any atom is 0.255 e. The van der Waals surface area contributed by atoms with Gasteiger partial charge in [-0.2, -0.15) is 0 Å². The Balaban J connectivity index is 1.86. The summed E-state index contributed by atoms with van der Waals surface area (Å²) in [5, 5.41) is 13.2. The van der Waals surface area contributed by atoms with Crippen LogP contribution >= 0.6 is 56.8 Å². The number of aromatic nitrogens is 2. The van der Waals surface area contributed by atoms with Gasteiger partial charge in [0.15, 0.2) is 5.82 Å². The number of nitrogens with two attached hydrogens (primary N) is 1. The predicted octanol–water partition coefficient (Wildman–Crippen LogP) is 4.46. The topological polar surface area (TPSA) is 116 Å². The van der Waals surface area contributed by atoms with Crippen molar-refractivity contribution in [2.75, 3.05) is 12.4 Å². The Kier molecular flexibility index (Phi) is 8.33. The highest BCUT2D eigenvalue weighted by Gasteiger charge is 2.24. The number of benzene rings is 2. The maximum absolute atomic E-state index is 14.0. The SMILES string of the molecule is NC(CCl)=NCCC[C@H](NC(=O)c1cc(I)c(F)c(I)c1O)c1nc2ccccc2[nH]1. The fraction of sp³-hybridized carbons (Fsp3) is 0.250. The number of nitrogens with one attached hydrogen (secondary N) is 2. The summed E-state index contributed by atoms with van der Waals surface area (Å²) in [7, 11) is 0. The quantitative estimate of drug-likeness (QED) is 0.0708. The monoisotopic (exact) mass is 669 g/mol. The zero-order chi connectivity index (χ0) is 22.5. The third-order valence-corrected chi connectivity index (χ3v) is 6.57. The van der Waals surface area contributed by atoms with E-state index in [1.165, 1.54) is 6.07 Å². The number of phenolic OH excluding ortho intramolecular Hbond substituents is 1. The summed E-state index contributed by atoms with van der Waals surface area (Å²) >= 11 is 9.11. The fourth-order valence-corrected chi connectivity index (χ4v) is 4.73. The van der Waals surface area contributed by atoms with Crippen LogP contribution in [0.15, 0.2) is 35.3 Å². The van der Waals surface area contributed by atoms with Gasteiger partial charge in [-0.25, -0.2) is 9.37 Å². The van der Waals surface area contributed by atoms with Gasteiger partial charge in [0.05, 0.1) is 35.7 Å². The average Bonchev–Trinajstić information content (AvgIpc) is 3.20. The standard InChI is InChI=1S/C20H19ClFI2N5O2/c21-9-15(25)26-7-3-6-14(19-27-12-4-1-2-5-13(12)28-19)29-20(31)10-8-11(23)16(22)17(24)18(10)30/h1-2,4-5,8,14,30H,3,6-7,9H2,(H2,25,26)(H,27,28)(H,29,31)/t14-/m0/s1. The minimum Gasteiger partial charge on any atom is -0.506 e. The summed E-state index contributed by atoms with van der Waals surface area (Å²) in [6, 6.07) is 8.38. The number of carbonyl (C=O) groups is 1. The molecular weight excluding hydrogens is 651 g/mol. The first-order chi connectivity index (χ1) is 14.8. The molecule has 0 unspecified atom stereocenters. The smallest absolute Gasteiger partial charge is 0.255 e. The Morgan fingerprint density at radius 2 is 2.13 bits per heavy atom. The molecule has 5 N–H and O–H groups in total. The van der Waals surface area contributed by atoms with Gasteiger partial charge in [-0.15, -0.1) is 11.6 Å². The van der Waals surface area contributed by atoms with E-state index in [1.807, 2.05) is 24.3 Å². The highest BCUT2D eigenvalue weighted by atomic mass is 127. The zero-order valence-corrected chi connectivity index (χ0v) is 21.2. The van der Waals surface area contributed by atoms with Gasteiger partial charge in [-0.05, 0) is 76.2 Å². The number of amides is 1. The van der Waals surface area contributed by atoms with Crippen molar-refractivity contribution in [2.45, 2.75) is 18.9 Å². The van der Waals surface area contributed by atoms with Gasteiger partial charge in [-0.1, -0.05) is 12.1 Å². The Hall–Kier alpha value is -1.67. The summed E-state index contributed by atoms with van der Waals surface area (Å²) < 4.78 is 14.3. The number of aromatic hydroxyl groups is 1. The number of rotatable bonds is 8. The van der Waals surface area contributed by atoms with Crippen LogP contribution < -0.4 is 11.1 Å². The lowest BCUT2D eigenvalue weighted by atomic mass is 10.1. The van der Waals surface area contributed by atoms with Gasteiger partial charge in [0, 0.05) is 6.54 Å². The van der Waals surface area contributed by atoms with E-state index in [4.69, 9.17) is 17.3 Å². The van der Waals surface area contributed by atoms with Crippen LogP contribution in [0.4, 0.5) is 4.39 Å². The highest BCUT2D eigenvalue weighted by Crippen LogP contribution is 2.31. The third-order valence-electron chi connectivity index (χ3n) is 4.53. The van der Waals surface area contributed by atoms with E-state index in [0.29, 0.717) is 31.0 Å². The molecule has 1 atom stereocenters. The third kappa shape index (κ3) is 5.77. The zero-order valence-electron chi connectivity index (χ0n) is 16.1. The van der Waals surface area contributed by atoms with Crippen LogP contribution in [0.5, 0.6) is 5.75 Å². The van der Waals surface area contributed by atoms with E-state index in [2.05, 4.69) is 20.3 Å². The molecular formula is C20H19ClFI2N5O2. The van der Waals surface area contributed by atoms with Gasteiger partial charge < -0.3 is 21.1 Å². The minimum atomic E-state index is -0.557. The highest BCUT2D eigenvalue weighted by molar-refractivity contribution is 14.1. The second kappa shape index (κ2) is 10.8. The number of para-hydroxylation sites is 2. The van der Waals surface area contributed by atoms with Crippen molar-refractivity contribution >= 4 is 79.6 Å². The molecule has 164 valence electrons. The molecule has 31 heavy (non-hydrogen) atoms. The molecule has 0 bridgehead atoms. The minimum absolute atomic E-state index is 0.000663. The lowest BCUT2D eigenvalue weighted by Gasteiger charge is -2.17. The van der Waals surface area contributed by atoms with Crippen molar-refractivity contribution in [3.05, 3.63) is 54.7 Å². The number of H-pyrrole nitrogens is 1. The summed E-state index contributed by atoms with van der Waals surface area (Å²) in [4.78, 5) is 24.9. The molecule has 0 aliphatic carbocycles. The lowest BCUT2D eigenvalue weighted by molar-refractivity contribution is 0.0929. The molecule has 3 rings (SSSR count). The van der Waals surface area contributed by atoms with Gasteiger partial charge in [-0.3, -0.25) is 9.79 Å². The number of nitrogens with zero attached hydrogens (tertiary/aromatic N) is 2. The molecule has 0 radical (unpaired) electrons. The van der Waals surface area contributed by atoms with Crippen molar-refractivity contribution in [2.24, 2.45) is 10.7 Å². The van der Waals surface area contributed by atoms with Crippen molar-refractivity contribution in [3.8, 4) is 5.75 Å². The molecule has 0 aliphatic rings. The fourth-order valence-electron chi connectivity index (χ4n) is 2.97. The van der Waals surface area contributed by atoms with Crippen molar-refractivity contribution in [1.82, 2.24) is 15.3 Å². The summed E-state index contributed by atoms with van der Waals surface area (Å²) in [5.41, 5.74) is 7.25. The number of phenols is 1. The number of hydrogen-bond donors (Lipinski definition) is 4. The number of fused-ring (bicyclic) bond motifs is 1. The van der Waals surface area contributed by atoms with Crippen molar-refractivity contribution < 1.29 is 14.3 Å². The predicted molar refractivity (Wildman–Crippen MR) is 136 cm³/mol. The average molecular weight is 670 g/mol. The van der Waals surface area contributed by atoms with Crippen LogP contribution in [0.1, 0.15) is 35.1 Å². The van der Waals surface area contributed by atoms with Gasteiger partial charge in [0.1, 0.15) is 17.4 Å². The van der Waals surface area contributed by atoms with Crippen LogP contribution in [0.2, 0.25) is 0 Å². The molecule has 1 aromatic heterocycles. The number of alkyl halides is 1. The maximum atomic E-state index is 14.0. The van der Waals surface area contributed by atoms with Crippen LogP contribution in [-0.4, -0.2) is 39.2 Å². The van der Waals surface area contributed by atoms with E-state index in [0.717, 1.165) is 11.0 Å². The van der Waals surface area contributed by atoms with Crippen molar-refractivity contribution in [1.29, 1.82) is 0 Å². The van der Waals surface area contributed by atoms with E-state index in [9.17, 15) is 14.3 Å². The second-order valence-corrected chi connectivity index (χ2v) is 9.20. The number of hydrogen-bond acceptors (Lipinski definition) is 4. The van der Waals surface area contributed by atoms with E-state index < -0.39 is 17.8 Å². The van der Waals surface area contributed by atoms with Gasteiger partial charge in [0.2, 0.25) is 0 Å². The van der Waals surface area contributed by atoms with Crippen molar-refractivity contribution in [3.63, 3.8) is 0 Å². The molecule has 0 saturated heterocycles. The Morgan fingerprint density at radius 3 is 2.84 bits per heavy atom. The molecule has 3 aromatic rings.